The van der Waals surface area contributed by atoms with E-state index in [2.05, 4.69) is 46.0 Å². The number of hydrogen-bond donors (Lipinski definition) is 1. The summed E-state index contributed by atoms with van der Waals surface area (Å²) >= 11 is 0. The minimum atomic E-state index is -0.156. The van der Waals surface area contributed by atoms with Crippen molar-refractivity contribution in [2.45, 2.75) is 97.9 Å². The van der Waals surface area contributed by atoms with Crippen molar-refractivity contribution in [3.63, 3.8) is 0 Å². The molecule has 4 aliphatic rings. The second-order valence-corrected chi connectivity index (χ2v) is 11.4. The maximum Gasteiger partial charge on any atom is 0.247 e. The molecule has 3 fully saturated rings. The van der Waals surface area contributed by atoms with Crippen LogP contribution in [0, 0.1) is 34.5 Å². The van der Waals surface area contributed by atoms with E-state index in [9.17, 15) is 4.79 Å². The van der Waals surface area contributed by atoms with Gasteiger partial charge in [0.25, 0.3) is 0 Å². The molecule has 146 valence electrons. The highest BCUT2D eigenvalue weighted by molar-refractivity contribution is 5.95. The molecule has 2 nitrogen and oxygen atoms in total. The van der Waals surface area contributed by atoms with Gasteiger partial charge in [-0.05, 0) is 94.8 Å². The fraction of sp³-hybridized carbons (Fsp3) is 0.875. The van der Waals surface area contributed by atoms with E-state index in [1.807, 2.05) is 0 Å². The van der Waals surface area contributed by atoms with Crippen molar-refractivity contribution in [3.05, 3.63) is 11.6 Å². The normalized spacial score (nSPS) is 45.2. The third-order valence-corrected chi connectivity index (χ3v) is 8.90. The molecule has 1 N–H and O–H groups in total. The Hall–Kier alpha value is -0.790. The zero-order valence-corrected chi connectivity index (χ0v) is 17.7. The highest BCUT2D eigenvalue weighted by Gasteiger charge is 2.58. The Morgan fingerprint density at radius 3 is 2.54 bits per heavy atom. The number of hydrogen-bond acceptors (Lipinski definition) is 1. The van der Waals surface area contributed by atoms with E-state index in [0.717, 1.165) is 29.7 Å². The van der Waals surface area contributed by atoms with Crippen LogP contribution in [0.2, 0.25) is 0 Å². The van der Waals surface area contributed by atoms with Gasteiger partial charge in [0.05, 0.1) is 0 Å². The lowest BCUT2D eigenvalue weighted by Crippen LogP contribution is -2.53. The van der Waals surface area contributed by atoms with Crippen LogP contribution in [0.5, 0.6) is 0 Å². The second kappa shape index (κ2) is 6.11. The van der Waals surface area contributed by atoms with Gasteiger partial charge in [0.1, 0.15) is 0 Å². The third kappa shape index (κ3) is 2.78. The molecule has 0 unspecified atom stereocenters. The van der Waals surface area contributed by atoms with Crippen LogP contribution in [-0.4, -0.2) is 11.4 Å². The van der Waals surface area contributed by atoms with Crippen molar-refractivity contribution >= 4 is 5.91 Å². The molecule has 2 heteroatoms. The van der Waals surface area contributed by atoms with Crippen LogP contribution in [0.15, 0.2) is 11.6 Å². The Balaban J connectivity index is 1.57. The predicted molar refractivity (Wildman–Crippen MR) is 108 cm³/mol. The molecule has 3 saturated carbocycles. The van der Waals surface area contributed by atoms with E-state index in [0.29, 0.717) is 11.3 Å². The van der Waals surface area contributed by atoms with Gasteiger partial charge in [-0.15, -0.1) is 0 Å². The topological polar surface area (TPSA) is 29.1 Å². The SMILES string of the molecule is CC(C)(C)NC(=O)C1=CC[C@H]2[C@@H]3CC[C@H]4CCCC[C@]4(C)[C@H]3CC[C@]12C. The molecule has 0 aromatic carbocycles. The van der Waals surface area contributed by atoms with Crippen molar-refractivity contribution in [2.24, 2.45) is 34.5 Å². The van der Waals surface area contributed by atoms with E-state index < -0.39 is 0 Å². The van der Waals surface area contributed by atoms with Crippen LogP contribution in [-0.2, 0) is 4.79 Å². The first-order valence-corrected chi connectivity index (χ1v) is 11.2. The summed E-state index contributed by atoms with van der Waals surface area (Å²) in [6.07, 6.45) is 14.7. The molecule has 1 amide bonds. The Labute approximate surface area is 160 Å². The molecule has 0 radical (unpaired) electrons. The Bertz CT molecular complexity index is 614. The lowest BCUT2D eigenvalue weighted by atomic mass is 9.45. The quantitative estimate of drug-likeness (QED) is 0.624. The third-order valence-electron chi connectivity index (χ3n) is 8.90. The van der Waals surface area contributed by atoms with Crippen LogP contribution < -0.4 is 5.32 Å². The Kier molecular flexibility index (Phi) is 4.36. The first kappa shape index (κ1) is 18.6. The molecule has 0 aromatic heterocycles. The van der Waals surface area contributed by atoms with Crippen molar-refractivity contribution in [1.29, 1.82) is 0 Å². The number of allylic oxidation sites excluding steroid dienone is 1. The minimum Gasteiger partial charge on any atom is -0.348 e. The van der Waals surface area contributed by atoms with E-state index in [-0.39, 0.29) is 16.9 Å². The highest BCUT2D eigenvalue weighted by Crippen LogP contribution is 2.66. The molecule has 0 aliphatic heterocycles. The molecular weight excluding hydrogens is 318 g/mol. The molecule has 0 spiro atoms. The standard InChI is InChI=1S/C24H39NO/c1-22(2,3)25-21(26)20-12-11-18-17-10-9-16-8-6-7-14-23(16,4)19(17)13-15-24(18,20)5/h12,16-19H,6-11,13-15H2,1-5H3,(H,25,26)/t16-,17+,18+,19+,23+,24+/m1/s1. The number of amides is 1. The van der Waals surface area contributed by atoms with Crippen LogP contribution in [0.1, 0.15) is 92.4 Å². The van der Waals surface area contributed by atoms with Gasteiger partial charge in [-0.2, -0.15) is 0 Å². The van der Waals surface area contributed by atoms with Gasteiger partial charge in [0.15, 0.2) is 0 Å². The molecule has 6 atom stereocenters. The maximum absolute atomic E-state index is 13.0. The molecule has 0 heterocycles. The van der Waals surface area contributed by atoms with Crippen molar-refractivity contribution < 1.29 is 4.79 Å². The summed E-state index contributed by atoms with van der Waals surface area (Å²) < 4.78 is 0. The van der Waals surface area contributed by atoms with E-state index in [1.54, 1.807) is 0 Å². The van der Waals surface area contributed by atoms with Crippen LogP contribution in [0.4, 0.5) is 0 Å². The van der Waals surface area contributed by atoms with Gasteiger partial charge < -0.3 is 5.32 Å². The molecule has 0 aromatic rings. The maximum atomic E-state index is 13.0. The van der Waals surface area contributed by atoms with Gasteiger partial charge in [-0.1, -0.05) is 32.8 Å². The predicted octanol–water partition coefficient (Wildman–Crippen LogP) is 5.87. The highest BCUT2D eigenvalue weighted by atomic mass is 16.1. The van der Waals surface area contributed by atoms with Gasteiger partial charge in [0.2, 0.25) is 5.91 Å². The lowest BCUT2D eigenvalue weighted by Gasteiger charge is -2.60. The molecule has 4 rings (SSSR count). The first-order valence-electron chi connectivity index (χ1n) is 11.2. The summed E-state index contributed by atoms with van der Waals surface area (Å²) in [5.74, 6) is 3.60. The monoisotopic (exact) mass is 357 g/mol. The van der Waals surface area contributed by atoms with Gasteiger partial charge in [0, 0.05) is 16.5 Å². The lowest BCUT2D eigenvalue weighted by molar-refractivity contribution is -0.123. The molecule has 4 aliphatic carbocycles. The Morgan fingerprint density at radius 1 is 1.04 bits per heavy atom. The first-order chi connectivity index (χ1) is 12.2. The van der Waals surface area contributed by atoms with E-state index in [4.69, 9.17) is 0 Å². The summed E-state index contributed by atoms with van der Waals surface area (Å²) in [7, 11) is 0. The average Bonchev–Trinajstić information content (AvgIpc) is 2.90. The van der Waals surface area contributed by atoms with Gasteiger partial charge in [-0.3, -0.25) is 4.79 Å². The number of nitrogens with one attached hydrogen (secondary N) is 1. The summed E-state index contributed by atoms with van der Waals surface area (Å²) in [6, 6.07) is 0. The molecular formula is C24H39NO. The van der Waals surface area contributed by atoms with Crippen molar-refractivity contribution in [1.82, 2.24) is 5.32 Å². The summed E-state index contributed by atoms with van der Waals surface area (Å²) in [5, 5.41) is 3.24. The van der Waals surface area contributed by atoms with Crippen LogP contribution >= 0.6 is 0 Å². The molecule has 0 bridgehead atoms. The summed E-state index contributed by atoms with van der Waals surface area (Å²) in [4.78, 5) is 13.0. The zero-order valence-electron chi connectivity index (χ0n) is 17.7. The average molecular weight is 358 g/mol. The van der Waals surface area contributed by atoms with Crippen molar-refractivity contribution in [2.75, 3.05) is 0 Å². The minimum absolute atomic E-state index is 0.106. The molecule has 0 saturated heterocycles. The van der Waals surface area contributed by atoms with Crippen LogP contribution in [0.25, 0.3) is 0 Å². The van der Waals surface area contributed by atoms with Gasteiger partial charge >= 0.3 is 0 Å². The number of fused-ring (bicyclic) bond motifs is 5. The largest absolute Gasteiger partial charge is 0.348 e. The second-order valence-electron chi connectivity index (χ2n) is 11.4. The molecule has 26 heavy (non-hydrogen) atoms. The number of rotatable bonds is 1. The summed E-state index contributed by atoms with van der Waals surface area (Å²) in [5.41, 5.74) is 1.64. The smallest absolute Gasteiger partial charge is 0.247 e. The van der Waals surface area contributed by atoms with E-state index >= 15 is 0 Å². The fourth-order valence-electron chi connectivity index (χ4n) is 7.62. The fourth-order valence-corrected chi connectivity index (χ4v) is 7.62. The van der Waals surface area contributed by atoms with Gasteiger partial charge in [-0.25, -0.2) is 0 Å². The summed E-state index contributed by atoms with van der Waals surface area (Å²) in [6.45, 7) is 11.3. The number of carbonyl (C=O) groups excluding carboxylic acids is 1. The number of carbonyl (C=O) groups is 1. The zero-order chi connectivity index (χ0) is 18.7. The van der Waals surface area contributed by atoms with Crippen molar-refractivity contribution in [3.8, 4) is 0 Å². The van der Waals surface area contributed by atoms with E-state index in [1.165, 1.54) is 51.4 Å². The van der Waals surface area contributed by atoms with Crippen LogP contribution in [0.3, 0.4) is 0 Å². The Morgan fingerprint density at radius 2 is 1.81 bits per heavy atom.